The Bertz CT molecular complexity index is 375. The van der Waals surface area contributed by atoms with Crippen LogP contribution in [0.2, 0.25) is 0 Å². The van der Waals surface area contributed by atoms with Gasteiger partial charge in [0.15, 0.2) is 0 Å². The third-order valence-corrected chi connectivity index (χ3v) is 2.83. The predicted octanol–water partition coefficient (Wildman–Crippen LogP) is 2.07. The van der Waals surface area contributed by atoms with Crippen LogP contribution in [0.5, 0.6) is 0 Å². The van der Waals surface area contributed by atoms with E-state index in [0.29, 0.717) is 6.42 Å². The first-order valence-electron chi connectivity index (χ1n) is 5.71. The lowest BCUT2D eigenvalue weighted by molar-refractivity contribution is 0.447. The molecule has 16 heavy (non-hydrogen) atoms. The van der Waals surface area contributed by atoms with Crippen molar-refractivity contribution < 1.29 is 0 Å². The molecule has 0 aliphatic carbocycles. The minimum Gasteiger partial charge on any atom is -0.306 e. The number of rotatable bonds is 5. The van der Waals surface area contributed by atoms with Gasteiger partial charge in [-0.15, -0.1) is 0 Å². The maximum absolute atomic E-state index is 8.70. The summed E-state index contributed by atoms with van der Waals surface area (Å²) < 4.78 is 1.83. The molecule has 1 heterocycles. The zero-order chi connectivity index (χ0) is 12.1. The Kier molecular flexibility index (Phi) is 4.51. The van der Waals surface area contributed by atoms with Crippen LogP contribution < -0.4 is 5.32 Å². The van der Waals surface area contributed by atoms with Crippen molar-refractivity contribution in [3.8, 4) is 6.07 Å². The molecular formula is C12H20N4. The van der Waals surface area contributed by atoms with E-state index in [2.05, 4.69) is 30.3 Å². The van der Waals surface area contributed by atoms with E-state index in [9.17, 15) is 0 Å². The Labute approximate surface area is 97.3 Å². The molecule has 0 spiro atoms. The second kappa shape index (κ2) is 5.66. The molecule has 1 rings (SSSR count). The van der Waals surface area contributed by atoms with Crippen LogP contribution in [0.1, 0.15) is 44.0 Å². The first kappa shape index (κ1) is 12.7. The third-order valence-electron chi connectivity index (χ3n) is 2.83. The summed E-state index contributed by atoms with van der Waals surface area (Å²) in [5.74, 6) is 0. The average Bonchev–Trinajstić information content (AvgIpc) is 2.57. The average molecular weight is 220 g/mol. The topological polar surface area (TPSA) is 53.6 Å². The minimum absolute atomic E-state index is 0.243. The molecule has 0 radical (unpaired) electrons. The summed E-state index contributed by atoms with van der Waals surface area (Å²) in [6.07, 6.45) is 3.56. The Hall–Kier alpha value is -1.34. The number of nitrogens with zero attached hydrogens (tertiary/aromatic N) is 3. The summed E-state index contributed by atoms with van der Waals surface area (Å²) >= 11 is 0. The molecule has 0 aliphatic rings. The molecule has 88 valence electrons. The van der Waals surface area contributed by atoms with Gasteiger partial charge in [-0.3, -0.25) is 4.68 Å². The maximum atomic E-state index is 8.70. The van der Waals surface area contributed by atoms with Crippen LogP contribution in [0, 0.1) is 18.3 Å². The summed E-state index contributed by atoms with van der Waals surface area (Å²) in [6, 6.07) is 2.72. The van der Waals surface area contributed by atoms with Gasteiger partial charge < -0.3 is 5.32 Å². The summed E-state index contributed by atoms with van der Waals surface area (Å²) in [5.41, 5.74) is 2.26. The van der Waals surface area contributed by atoms with Gasteiger partial charge in [0, 0.05) is 30.9 Å². The van der Waals surface area contributed by atoms with E-state index in [1.807, 2.05) is 24.9 Å². The molecule has 0 amide bonds. The highest BCUT2D eigenvalue weighted by Gasteiger charge is 2.15. The fourth-order valence-electron chi connectivity index (χ4n) is 1.92. The first-order chi connectivity index (χ1) is 7.58. The Balaban J connectivity index is 2.68. The molecule has 0 bridgehead atoms. The highest BCUT2D eigenvalue weighted by Crippen LogP contribution is 2.17. The summed E-state index contributed by atoms with van der Waals surface area (Å²) in [7, 11) is 1.93. The van der Waals surface area contributed by atoms with E-state index in [1.54, 1.807) is 0 Å². The van der Waals surface area contributed by atoms with Crippen LogP contribution >= 0.6 is 0 Å². The van der Waals surface area contributed by atoms with Crippen molar-refractivity contribution in [2.24, 2.45) is 7.05 Å². The zero-order valence-electron chi connectivity index (χ0n) is 10.5. The molecule has 2 atom stereocenters. The summed E-state index contributed by atoms with van der Waals surface area (Å²) in [6.45, 7) is 6.22. The lowest BCUT2D eigenvalue weighted by Gasteiger charge is -2.19. The smallest absolute Gasteiger partial charge is 0.0641 e. The normalized spacial score (nSPS) is 14.4. The number of aromatic nitrogens is 2. The van der Waals surface area contributed by atoms with Gasteiger partial charge >= 0.3 is 0 Å². The molecule has 1 N–H and O–H groups in total. The van der Waals surface area contributed by atoms with Gasteiger partial charge in [-0.2, -0.15) is 10.4 Å². The Morgan fingerprint density at radius 1 is 1.62 bits per heavy atom. The SMILES string of the molecule is CCC(CC#N)NC(C)c1cn(C)nc1C. The Morgan fingerprint density at radius 3 is 2.75 bits per heavy atom. The molecule has 4 heteroatoms. The predicted molar refractivity (Wildman–Crippen MR) is 63.8 cm³/mol. The van der Waals surface area contributed by atoms with Crippen LogP contribution in [-0.2, 0) is 7.05 Å². The van der Waals surface area contributed by atoms with Crippen LogP contribution in [0.3, 0.4) is 0 Å². The van der Waals surface area contributed by atoms with E-state index < -0.39 is 0 Å². The maximum Gasteiger partial charge on any atom is 0.0641 e. The summed E-state index contributed by atoms with van der Waals surface area (Å²) in [4.78, 5) is 0. The van der Waals surface area contributed by atoms with Crippen molar-refractivity contribution in [3.63, 3.8) is 0 Å². The Morgan fingerprint density at radius 2 is 2.31 bits per heavy atom. The highest BCUT2D eigenvalue weighted by molar-refractivity contribution is 5.19. The molecule has 1 aromatic heterocycles. The molecule has 0 aliphatic heterocycles. The van der Waals surface area contributed by atoms with Crippen molar-refractivity contribution in [2.45, 2.75) is 45.7 Å². The largest absolute Gasteiger partial charge is 0.306 e. The van der Waals surface area contributed by atoms with E-state index >= 15 is 0 Å². The fraction of sp³-hybridized carbons (Fsp3) is 0.667. The van der Waals surface area contributed by atoms with Crippen LogP contribution in [0.4, 0.5) is 0 Å². The molecule has 2 unspecified atom stereocenters. The van der Waals surface area contributed by atoms with Crippen molar-refractivity contribution >= 4 is 0 Å². The van der Waals surface area contributed by atoms with Gasteiger partial charge in [0.1, 0.15) is 0 Å². The number of hydrogen-bond donors (Lipinski definition) is 1. The summed E-state index contributed by atoms with van der Waals surface area (Å²) in [5, 5.41) is 16.5. The van der Waals surface area contributed by atoms with E-state index in [0.717, 1.165) is 12.1 Å². The number of hydrogen-bond acceptors (Lipinski definition) is 3. The second-order valence-corrected chi connectivity index (χ2v) is 4.20. The van der Waals surface area contributed by atoms with Crippen LogP contribution in [0.25, 0.3) is 0 Å². The zero-order valence-corrected chi connectivity index (χ0v) is 10.5. The van der Waals surface area contributed by atoms with E-state index in [1.165, 1.54) is 5.56 Å². The second-order valence-electron chi connectivity index (χ2n) is 4.20. The van der Waals surface area contributed by atoms with E-state index in [4.69, 9.17) is 5.26 Å². The van der Waals surface area contributed by atoms with E-state index in [-0.39, 0.29) is 12.1 Å². The van der Waals surface area contributed by atoms with Crippen molar-refractivity contribution in [1.82, 2.24) is 15.1 Å². The van der Waals surface area contributed by atoms with Crippen molar-refractivity contribution in [1.29, 1.82) is 5.26 Å². The van der Waals surface area contributed by atoms with Gasteiger partial charge in [0.25, 0.3) is 0 Å². The molecule has 4 nitrogen and oxygen atoms in total. The molecule has 0 aromatic carbocycles. The number of aryl methyl sites for hydroxylation is 2. The molecule has 0 fully saturated rings. The van der Waals surface area contributed by atoms with Gasteiger partial charge in [0.2, 0.25) is 0 Å². The number of nitriles is 1. The molecular weight excluding hydrogens is 200 g/mol. The van der Waals surface area contributed by atoms with Gasteiger partial charge in [0.05, 0.1) is 18.2 Å². The lowest BCUT2D eigenvalue weighted by atomic mass is 10.1. The molecule has 1 aromatic rings. The standard InChI is InChI=1S/C12H20N4/c1-5-11(6-7-13)14-9(2)12-8-16(4)15-10(12)3/h8-9,11,14H,5-6H2,1-4H3. The monoisotopic (exact) mass is 220 g/mol. The van der Waals surface area contributed by atoms with Gasteiger partial charge in [-0.1, -0.05) is 6.92 Å². The lowest BCUT2D eigenvalue weighted by Crippen LogP contribution is -2.30. The quantitative estimate of drug-likeness (QED) is 0.826. The van der Waals surface area contributed by atoms with Crippen molar-refractivity contribution in [2.75, 3.05) is 0 Å². The van der Waals surface area contributed by atoms with Crippen molar-refractivity contribution in [3.05, 3.63) is 17.5 Å². The van der Waals surface area contributed by atoms with Gasteiger partial charge in [-0.05, 0) is 20.3 Å². The number of nitrogens with one attached hydrogen (secondary N) is 1. The highest BCUT2D eigenvalue weighted by atomic mass is 15.3. The molecule has 0 saturated carbocycles. The van der Waals surface area contributed by atoms with Crippen LogP contribution in [-0.4, -0.2) is 15.8 Å². The minimum atomic E-state index is 0.243. The van der Waals surface area contributed by atoms with Crippen LogP contribution in [0.15, 0.2) is 6.20 Å². The first-order valence-corrected chi connectivity index (χ1v) is 5.71. The van der Waals surface area contributed by atoms with Gasteiger partial charge in [-0.25, -0.2) is 0 Å². The third kappa shape index (κ3) is 3.07. The fourth-order valence-corrected chi connectivity index (χ4v) is 1.92. The molecule has 0 saturated heterocycles.